The van der Waals surface area contributed by atoms with E-state index in [0.29, 0.717) is 6.54 Å². The summed E-state index contributed by atoms with van der Waals surface area (Å²) < 4.78 is 31.2. The van der Waals surface area contributed by atoms with Crippen LogP contribution >= 0.6 is 0 Å². The number of benzene rings is 1. The zero-order valence-corrected chi connectivity index (χ0v) is 17.7. The van der Waals surface area contributed by atoms with E-state index in [-0.39, 0.29) is 17.9 Å². The first-order valence-corrected chi connectivity index (χ1v) is 10.1. The van der Waals surface area contributed by atoms with Crippen molar-refractivity contribution in [3.05, 3.63) is 65.2 Å². The summed E-state index contributed by atoms with van der Waals surface area (Å²) in [5.74, 6) is -3.99. The van der Waals surface area contributed by atoms with Gasteiger partial charge >= 0.3 is 0 Å². The number of hydrogen-bond donors (Lipinski definition) is 1. The molecule has 0 saturated carbocycles. The summed E-state index contributed by atoms with van der Waals surface area (Å²) in [7, 11) is 1.68. The Morgan fingerprint density at radius 3 is 2.66 bits per heavy atom. The zero-order chi connectivity index (χ0) is 22.9. The van der Waals surface area contributed by atoms with Gasteiger partial charge < -0.3 is 10.2 Å². The van der Waals surface area contributed by atoms with Crippen molar-refractivity contribution < 1.29 is 18.4 Å². The lowest BCUT2D eigenvalue weighted by Gasteiger charge is -2.22. The Hall–Kier alpha value is -3.63. The van der Waals surface area contributed by atoms with Crippen LogP contribution in [0.3, 0.4) is 0 Å². The quantitative estimate of drug-likeness (QED) is 0.627. The van der Waals surface area contributed by atoms with Crippen molar-refractivity contribution in [3.8, 4) is 0 Å². The fraction of sp³-hybridized carbons (Fsp3) is 0.381. The van der Waals surface area contributed by atoms with Gasteiger partial charge in [0.2, 0.25) is 0 Å². The lowest BCUT2D eigenvalue weighted by atomic mass is 10.2. The van der Waals surface area contributed by atoms with Crippen LogP contribution in [0.1, 0.15) is 38.7 Å². The maximum Gasteiger partial charge on any atom is 0.274 e. The highest BCUT2D eigenvalue weighted by molar-refractivity contribution is 5.93. The van der Waals surface area contributed by atoms with Crippen molar-refractivity contribution in [1.82, 2.24) is 35.0 Å². The Morgan fingerprint density at radius 1 is 1.22 bits per heavy atom. The third-order valence-electron chi connectivity index (χ3n) is 5.44. The fourth-order valence-electron chi connectivity index (χ4n) is 3.69. The monoisotopic (exact) mass is 443 g/mol. The standard InChI is InChI=1S/C21H23F2N7O2/c1-14-8-17(26-28(14)2)20(32)30-13-21(22,23)9-16(30)11-29-12-18(25-27-29)19(31)24-10-15-6-4-3-5-7-15/h3-8,12,16H,9-11,13H2,1-2H3,(H,24,31)/t16-/m0/s1. The topological polar surface area (TPSA) is 97.9 Å². The lowest BCUT2D eigenvalue weighted by Crippen LogP contribution is -2.39. The van der Waals surface area contributed by atoms with Crippen LogP contribution < -0.4 is 5.32 Å². The molecule has 0 radical (unpaired) electrons. The third kappa shape index (κ3) is 4.66. The molecule has 0 bridgehead atoms. The number of likely N-dealkylation sites (tertiary alicyclic amines) is 1. The zero-order valence-electron chi connectivity index (χ0n) is 17.7. The first-order valence-electron chi connectivity index (χ1n) is 10.1. The molecule has 1 saturated heterocycles. The minimum Gasteiger partial charge on any atom is -0.347 e. The first kappa shape index (κ1) is 21.6. The van der Waals surface area contributed by atoms with Gasteiger partial charge in [0.15, 0.2) is 11.4 Å². The highest BCUT2D eigenvalue weighted by Crippen LogP contribution is 2.33. The highest BCUT2D eigenvalue weighted by atomic mass is 19.3. The number of halogens is 2. The second kappa shape index (κ2) is 8.48. The Morgan fingerprint density at radius 2 is 1.97 bits per heavy atom. The minimum absolute atomic E-state index is 0.00783. The van der Waals surface area contributed by atoms with E-state index in [1.807, 2.05) is 30.3 Å². The van der Waals surface area contributed by atoms with Gasteiger partial charge in [0.05, 0.1) is 25.3 Å². The molecule has 168 valence electrons. The van der Waals surface area contributed by atoms with Crippen LogP contribution in [0.25, 0.3) is 0 Å². The number of nitrogens with one attached hydrogen (secondary N) is 1. The Balaban J connectivity index is 1.43. The van der Waals surface area contributed by atoms with E-state index in [0.717, 1.165) is 16.2 Å². The molecule has 2 amide bonds. The molecule has 1 atom stereocenters. The summed E-state index contributed by atoms with van der Waals surface area (Å²) in [5, 5.41) is 14.6. The first-order chi connectivity index (χ1) is 15.2. The molecule has 11 heteroatoms. The van der Waals surface area contributed by atoms with Gasteiger partial charge in [-0.25, -0.2) is 13.5 Å². The normalized spacial score (nSPS) is 17.5. The molecule has 4 rings (SSSR count). The summed E-state index contributed by atoms with van der Waals surface area (Å²) in [6.45, 7) is 1.41. The van der Waals surface area contributed by atoms with Gasteiger partial charge in [0.25, 0.3) is 17.7 Å². The van der Waals surface area contributed by atoms with Crippen molar-refractivity contribution in [3.63, 3.8) is 0 Å². The molecule has 3 heterocycles. The molecule has 9 nitrogen and oxygen atoms in total. The van der Waals surface area contributed by atoms with Crippen molar-refractivity contribution in [2.75, 3.05) is 6.54 Å². The highest BCUT2D eigenvalue weighted by Gasteiger charge is 2.47. The van der Waals surface area contributed by atoms with Crippen molar-refractivity contribution in [2.24, 2.45) is 7.05 Å². The van der Waals surface area contributed by atoms with Gasteiger partial charge in [-0.3, -0.25) is 14.3 Å². The maximum absolute atomic E-state index is 14.2. The second-order valence-electron chi connectivity index (χ2n) is 7.94. The van der Waals surface area contributed by atoms with Crippen molar-refractivity contribution in [1.29, 1.82) is 0 Å². The largest absolute Gasteiger partial charge is 0.347 e. The molecular formula is C21H23F2N7O2. The molecule has 2 aromatic heterocycles. The molecular weight excluding hydrogens is 420 g/mol. The molecule has 0 unspecified atom stereocenters. The van der Waals surface area contributed by atoms with E-state index in [4.69, 9.17) is 0 Å². The molecule has 1 aliphatic heterocycles. The summed E-state index contributed by atoms with van der Waals surface area (Å²) >= 11 is 0. The number of nitrogens with zero attached hydrogens (tertiary/aromatic N) is 6. The molecule has 1 fully saturated rings. The van der Waals surface area contributed by atoms with Crippen LogP contribution in [0.5, 0.6) is 0 Å². The van der Waals surface area contributed by atoms with Crippen molar-refractivity contribution in [2.45, 2.75) is 38.4 Å². The Kier molecular flexibility index (Phi) is 5.72. The molecule has 1 aromatic carbocycles. The number of aryl methyl sites for hydroxylation is 2. The molecule has 1 aliphatic rings. The van der Waals surface area contributed by atoms with E-state index in [1.54, 1.807) is 20.0 Å². The van der Waals surface area contributed by atoms with E-state index < -0.39 is 36.7 Å². The maximum atomic E-state index is 14.2. The van der Waals surface area contributed by atoms with Gasteiger partial charge in [0, 0.05) is 25.7 Å². The van der Waals surface area contributed by atoms with E-state index >= 15 is 0 Å². The summed E-state index contributed by atoms with van der Waals surface area (Å²) in [6.07, 6.45) is 0.893. The van der Waals surface area contributed by atoms with Crippen LogP contribution in [0.15, 0.2) is 42.6 Å². The van der Waals surface area contributed by atoms with Crippen LogP contribution in [-0.2, 0) is 20.1 Å². The third-order valence-corrected chi connectivity index (χ3v) is 5.44. The lowest BCUT2D eigenvalue weighted by molar-refractivity contribution is 0.0116. The second-order valence-corrected chi connectivity index (χ2v) is 7.94. The van der Waals surface area contributed by atoms with Gasteiger partial charge in [-0.2, -0.15) is 5.10 Å². The predicted molar refractivity (Wildman–Crippen MR) is 110 cm³/mol. The number of hydrogen-bond acceptors (Lipinski definition) is 5. The van der Waals surface area contributed by atoms with Gasteiger partial charge in [0.1, 0.15) is 0 Å². The summed E-state index contributed by atoms with van der Waals surface area (Å²) in [6, 6.07) is 10.1. The Bertz CT molecular complexity index is 1110. The average molecular weight is 443 g/mol. The number of rotatable bonds is 6. The predicted octanol–water partition coefficient (Wildman–Crippen LogP) is 1.80. The van der Waals surface area contributed by atoms with E-state index in [2.05, 4.69) is 20.7 Å². The van der Waals surface area contributed by atoms with Gasteiger partial charge in [-0.15, -0.1) is 5.10 Å². The minimum atomic E-state index is -3.01. The SMILES string of the molecule is Cc1cc(C(=O)N2CC(F)(F)C[C@H]2Cn2cc(C(=O)NCc3ccccc3)nn2)nn1C. The fourth-order valence-corrected chi connectivity index (χ4v) is 3.69. The molecule has 3 aromatic rings. The molecule has 0 aliphatic carbocycles. The number of carbonyl (C=O) groups is 2. The average Bonchev–Trinajstić information content (AvgIpc) is 3.44. The molecule has 0 spiro atoms. The van der Waals surface area contributed by atoms with Gasteiger partial charge in [-0.05, 0) is 18.6 Å². The van der Waals surface area contributed by atoms with E-state index in [9.17, 15) is 18.4 Å². The van der Waals surface area contributed by atoms with E-state index in [1.165, 1.54) is 15.6 Å². The van der Waals surface area contributed by atoms with Gasteiger partial charge in [-0.1, -0.05) is 35.5 Å². The number of alkyl halides is 2. The molecule has 1 N–H and O–H groups in total. The number of carbonyl (C=O) groups excluding carboxylic acids is 2. The Labute approximate surface area is 183 Å². The van der Waals surface area contributed by atoms with Crippen LogP contribution in [0.4, 0.5) is 8.78 Å². The summed E-state index contributed by atoms with van der Waals surface area (Å²) in [5.41, 5.74) is 1.87. The number of aromatic nitrogens is 5. The van der Waals surface area contributed by atoms with Crippen LogP contribution in [0, 0.1) is 6.92 Å². The van der Waals surface area contributed by atoms with Crippen molar-refractivity contribution >= 4 is 11.8 Å². The van der Waals surface area contributed by atoms with Crippen LogP contribution in [0.2, 0.25) is 0 Å². The number of amides is 2. The summed E-state index contributed by atoms with van der Waals surface area (Å²) in [4.78, 5) is 26.3. The molecule has 32 heavy (non-hydrogen) atoms. The van der Waals surface area contributed by atoms with Crippen LogP contribution in [-0.4, -0.2) is 60.0 Å². The smallest absolute Gasteiger partial charge is 0.274 e.